The van der Waals surface area contributed by atoms with Crippen LogP contribution in [0.1, 0.15) is 75.7 Å². The second-order valence-electron chi connectivity index (χ2n) is 7.98. The molecular formula is C20H31N3S. The van der Waals surface area contributed by atoms with E-state index in [1.165, 1.54) is 46.5 Å². The van der Waals surface area contributed by atoms with Crippen molar-refractivity contribution in [1.29, 1.82) is 0 Å². The lowest BCUT2D eigenvalue weighted by Gasteiger charge is -2.33. The Balaban J connectivity index is 1.90. The molecule has 0 aromatic carbocycles. The van der Waals surface area contributed by atoms with Crippen LogP contribution in [-0.2, 0) is 6.54 Å². The summed E-state index contributed by atoms with van der Waals surface area (Å²) in [5.41, 5.74) is 1.73. The molecule has 2 aromatic rings. The van der Waals surface area contributed by atoms with Crippen molar-refractivity contribution in [2.24, 2.45) is 5.41 Å². The highest BCUT2D eigenvalue weighted by molar-refractivity contribution is 7.18. The fourth-order valence-corrected chi connectivity index (χ4v) is 5.05. The molecule has 0 aliphatic heterocycles. The van der Waals surface area contributed by atoms with Crippen LogP contribution in [0, 0.1) is 12.3 Å². The van der Waals surface area contributed by atoms with Crippen LogP contribution in [0.15, 0.2) is 6.07 Å². The Bertz CT molecular complexity index is 690. The van der Waals surface area contributed by atoms with Gasteiger partial charge in [-0.05, 0) is 63.1 Å². The summed E-state index contributed by atoms with van der Waals surface area (Å²) in [5, 5.41) is 1.29. The van der Waals surface area contributed by atoms with Crippen molar-refractivity contribution in [3.8, 4) is 0 Å². The molecule has 3 nitrogen and oxygen atoms in total. The van der Waals surface area contributed by atoms with Gasteiger partial charge in [-0.2, -0.15) is 0 Å². The molecule has 2 aromatic heterocycles. The summed E-state index contributed by atoms with van der Waals surface area (Å²) in [4.78, 5) is 14.6. The topological polar surface area (TPSA) is 29.0 Å². The first-order chi connectivity index (χ1) is 11.4. The molecule has 0 amide bonds. The fraction of sp³-hybridized carbons (Fsp3) is 0.700. The van der Waals surface area contributed by atoms with E-state index in [9.17, 15) is 0 Å². The summed E-state index contributed by atoms with van der Waals surface area (Å²) in [7, 11) is 0. The lowest BCUT2D eigenvalue weighted by molar-refractivity contribution is 0.226. The van der Waals surface area contributed by atoms with E-state index < -0.39 is 0 Å². The summed E-state index contributed by atoms with van der Waals surface area (Å²) in [6, 6.07) is 2.40. The minimum atomic E-state index is 0.525. The third-order valence-electron chi connectivity index (χ3n) is 5.61. The molecule has 0 unspecified atom stereocenters. The van der Waals surface area contributed by atoms with Gasteiger partial charge in [0.1, 0.15) is 10.7 Å². The van der Waals surface area contributed by atoms with Crippen LogP contribution in [0.3, 0.4) is 0 Å². The largest absolute Gasteiger partial charge is 0.298 e. The molecule has 0 atom stereocenters. The van der Waals surface area contributed by atoms with E-state index in [0.29, 0.717) is 5.41 Å². The average molecular weight is 346 g/mol. The van der Waals surface area contributed by atoms with Crippen LogP contribution < -0.4 is 0 Å². The van der Waals surface area contributed by atoms with Gasteiger partial charge < -0.3 is 0 Å². The van der Waals surface area contributed by atoms with Gasteiger partial charge in [-0.25, -0.2) is 9.97 Å². The first kappa shape index (κ1) is 17.8. The first-order valence-corrected chi connectivity index (χ1v) is 10.2. The molecule has 24 heavy (non-hydrogen) atoms. The predicted octanol–water partition coefficient (Wildman–Crippen LogP) is 5.53. The van der Waals surface area contributed by atoms with Gasteiger partial charge in [-0.1, -0.05) is 27.7 Å². The normalized spacial score (nSPS) is 18.6. The molecule has 1 saturated carbocycles. The number of aryl methyl sites for hydroxylation is 1. The van der Waals surface area contributed by atoms with Crippen LogP contribution in [0.5, 0.6) is 0 Å². The van der Waals surface area contributed by atoms with Crippen molar-refractivity contribution in [3.63, 3.8) is 0 Å². The van der Waals surface area contributed by atoms with Crippen LogP contribution in [0.4, 0.5) is 0 Å². The van der Waals surface area contributed by atoms with Crippen LogP contribution in [0.2, 0.25) is 0 Å². The summed E-state index contributed by atoms with van der Waals surface area (Å²) < 4.78 is 0. The van der Waals surface area contributed by atoms with Gasteiger partial charge in [0.15, 0.2) is 0 Å². The number of rotatable bonds is 5. The number of hydrogen-bond donors (Lipinski definition) is 0. The Labute approximate surface area is 150 Å². The van der Waals surface area contributed by atoms with Crippen molar-refractivity contribution in [2.75, 3.05) is 13.1 Å². The molecule has 132 valence electrons. The van der Waals surface area contributed by atoms with Gasteiger partial charge in [0.05, 0.1) is 5.69 Å². The second kappa shape index (κ2) is 7.09. The molecule has 0 N–H and O–H groups in total. The van der Waals surface area contributed by atoms with E-state index in [1.54, 1.807) is 0 Å². The van der Waals surface area contributed by atoms with Gasteiger partial charge in [-0.3, -0.25) is 4.90 Å². The highest BCUT2D eigenvalue weighted by Gasteiger charge is 2.29. The molecule has 4 heteroatoms. The highest BCUT2D eigenvalue weighted by Crippen LogP contribution is 2.45. The minimum absolute atomic E-state index is 0.525. The van der Waals surface area contributed by atoms with E-state index in [1.807, 2.05) is 18.3 Å². The molecule has 0 saturated heterocycles. The molecule has 0 bridgehead atoms. The predicted molar refractivity (Wildman–Crippen MR) is 104 cm³/mol. The highest BCUT2D eigenvalue weighted by atomic mass is 32.1. The number of fused-ring (bicyclic) bond motifs is 1. The lowest BCUT2D eigenvalue weighted by atomic mass is 9.73. The Morgan fingerprint density at radius 2 is 1.83 bits per heavy atom. The third-order valence-corrected chi connectivity index (χ3v) is 6.80. The number of hydrogen-bond acceptors (Lipinski definition) is 4. The SMILES string of the molecule is CCN(CC)Cc1nc(C)nc2sc(C3CCC(C)(C)CC3)cc12. The van der Waals surface area contributed by atoms with Crippen LogP contribution in [-0.4, -0.2) is 28.0 Å². The fourth-order valence-electron chi connectivity index (χ4n) is 3.78. The quantitative estimate of drug-likeness (QED) is 0.714. The molecule has 3 rings (SSSR count). The van der Waals surface area contributed by atoms with Gasteiger partial charge in [0, 0.05) is 16.8 Å². The summed E-state index contributed by atoms with van der Waals surface area (Å²) in [5.74, 6) is 1.63. The number of nitrogens with zero attached hydrogens (tertiary/aromatic N) is 3. The molecule has 1 fully saturated rings. The minimum Gasteiger partial charge on any atom is -0.298 e. The van der Waals surface area contributed by atoms with Gasteiger partial charge in [-0.15, -0.1) is 11.3 Å². The zero-order valence-corrected chi connectivity index (χ0v) is 16.7. The van der Waals surface area contributed by atoms with Gasteiger partial charge in [0.2, 0.25) is 0 Å². The average Bonchev–Trinajstić information content (AvgIpc) is 2.96. The van der Waals surface area contributed by atoms with Crippen molar-refractivity contribution in [1.82, 2.24) is 14.9 Å². The molecule has 0 radical (unpaired) electrons. The van der Waals surface area contributed by atoms with Crippen LogP contribution >= 0.6 is 11.3 Å². The second-order valence-corrected chi connectivity index (χ2v) is 9.05. The van der Waals surface area contributed by atoms with Gasteiger partial charge >= 0.3 is 0 Å². The summed E-state index contributed by atoms with van der Waals surface area (Å²) in [6.45, 7) is 14.3. The zero-order chi connectivity index (χ0) is 17.3. The van der Waals surface area contributed by atoms with Crippen LogP contribution in [0.25, 0.3) is 10.2 Å². The van der Waals surface area contributed by atoms with Crippen molar-refractivity contribution < 1.29 is 0 Å². The smallest absolute Gasteiger partial charge is 0.127 e. The van der Waals surface area contributed by atoms with Crippen molar-refractivity contribution in [2.45, 2.75) is 72.8 Å². The Hall–Kier alpha value is -1.00. The third kappa shape index (κ3) is 3.80. The van der Waals surface area contributed by atoms with E-state index >= 15 is 0 Å². The molecule has 2 heterocycles. The van der Waals surface area contributed by atoms with E-state index in [2.05, 4.69) is 38.7 Å². The summed E-state index contributed by atoms with van der Waals surface area (Å²) in [6.07, 6.45) is 5.31. The maximum Gasteiger partial charge on any atom is 0.127 e. The number of thiophene rings is 1. The zero-order valence-electron chi connectivity index (χ0n) is 15.9. The van der Waals surface area contributed by atoms with E-state index in [-0.39, 0.29) is 0 Å². The molecule has 1 aliphatic rings. The molecule has 0 spiro atoms. The Kier molecular flexibility index (Phi) is 5.26. The van der Waals surface area contributed by atoms with Crippen molar-refractivity contribution >= 4 is 21.6 Å². The Morgan fingerprint density at radius 3 is 2.46 bits per heavy atom. The lowest BCUT2D eigenvalue weighted by Crippen LogP contribution is -2.23. The monoisotopic (exact) mass is 345 g/mol. The molecular weight excluding hydrogens is 314 g/mol. The first-order valence-electron chi connectivity index (χ1n) is 9.41. The maximum absolute atomic E-state index is 4.77. The van der Waals surface area contributed by atoms with Crippen molar-refractivity contribution in [3.05, 3.63) is 22.5 Å². The van der Waals surface area contributed by atoms with Gasteiger partial charge in [0.25, 0.3) is 0 Å². The molecule has 1 aliphatic carbocycles. The Morgan fingerprint density at radius 1 is 1.17 bits per heavy atom. The maximum atomic E-state index is 4.77. The standard InChI is InChI=1S/C20H31N3S/c1-6-23(7-2)13-17-16-12-18(24-19(16)22-14(3)21-17)15-8-10-20(4,5)11-9-15/h12,15H,6-11,13H2,1-5H3. The summed E-state index contributed by atoms with van der Waals surface area (Å²) >= 11 is 1.90. The van der Waals surface area contributed by atoms with E-state index in [4.69, 9.17) is 9.97 Å². The van der Waals surface area contributed by atoms with E-state index in [0.717, 1.165) is 31.4 Å². The number of aromatic nitrogens is 2.